The highest BCUT2D eigenvalue weighted by Gasteiger charge is 2.10. The van der Waals surface area contributed by atoms with E-state index in [9.17, 15) is 4.39 Å². The van der Waals surface area contributed by atoms with Gasteiger partial charge in [0.25, 0.3) is 0 Å². The summed E-state index contributed by atoms with van der Waals surface area (Å²) in [5.74, 6) is 1.24. The number of anilines is 1. The van der Waals surface area contributed by atoms with E-state index in [2.05, 4.69) is 26.3 Å². The lowest BCUT2D eigenvalue weighted by Gasteiger charge is -2.11. The molecule has 0 amide bonds. The molecule has 0 atom stereocenters. The molecule has 0 saturated carbocycles. The standard InChI is InChI=1S/C19H15FN4OS/c1-12-8-16-17(23-11-24-19(16)26-12)22-10-13-4-3-7-21-18(13)25-15-6-2-5-14(20)9-15/h2-9,11H,10H2,1H3,(H,22,23,24). The second-order valence-electron chi connectivity index (χ2n) is 5.68. The van der Waals surface area contributed by atoms with Crippen LogP contribution in [0.2, 0.25) is 0 Å². The van der Waals surface area contributed by atoms with Gasteiger partial charge in [0.1, 0.15) is 28.5 Å². The van der Waals surface area contributed by atoms with Gasteiger partial charge in [-0.3, -0.25) is 0 Å². The van der Waals surface area contributed by atoms with Crippen LogP contribution in [0.15, 0.2) is 55.0 Å². The predicted octanol–water partition coefficient (Wildman–Crippen LogP) is 4.94. The molecule has 7 heteroatoms. The van der Waals surface area contributed by atoms with Crippen LogP contribution in [0.4, 0.5) is 10.2 Å². The first kappa shape index (κ1) is 16.4. The van der Waals surface area contributed by atoms with Gasteiger partial charge in [0, 0.05) is 29.2 Å². The number of thiophene rings is 1. The zero-order chi connectivity index (χ0) is 17.9. The van der Waals surface area contributed by atoms with Crippen molar-refractivity contribution in [2.75, 3.05) is 5.32 Å². The molecule has 1 N–H and O–H groups in total. The Balaban J connectivity index is 1.57. The Morgan fingerprint density at radius 3 is 2.92 bits per heavy atom. The van der Waals surface area contributed by atoms with Gasteiger partial charge in [0.05, 0.1) is 5.39 Å². The Labute approximate surface area is 153 Å². The molecule has 0 aliphatic rings. The normalized spacial score (nSPS) is 10.8. The number of aryl methyl sites for hydroxylation is 1. The van der Waals surface area contributed by atoms with Gasteiger partial charge in [0.15, 0.2) is 0 Å². The number of hydrogen-bond acceptors (Lipinski definition) is 6. The van der Waals surface area contributed by atoms with Gasteiger partial charge >= 0.3 is 0 Å². The fourth-order valence-electron chi connectivity index (χ4n) is 2.59. The first-order chi connectivity index (χ1) is 12.7. The third-order valence-electron chi connectivity index (χ3n) is 3.76. The highest BCUT2D eigenvalue weighted by molar-refractivity contribution is 7.18. The summed E-state index contributed by atoms with van der Waals surface area (Å²) in [5, 5.41) is 4.31. The lowest BCUT2D eigenvalue weighted by molar-refractivity contribution is 0.452. The van der Waals surface area contributed by atoms with Crippen molar-refractivity contribution < 1.29 is 9.13 Å². The highest BCUT2D eigenvalue weighted by Crippen LogP contribution is 2.29. The molecule has 0 unspecified atom stereocenters. The zero-order valence-corrected chi connectivity index (χ0v) is 14.8. The first-order valence-electron chi connectivity index (χ1n) is 8.01. The minimum atomic E-state index is -0.352. The predicted molar refractivity (Wildman–Crippen MR) is 100 cm³/mol. The van der Waals surface area contributed by atoms with Gasteiger partial charge in [-0.25, -0.2) is 19.3 Å². The summed E-state index contributed by atoms with van der Waals surface area (Å²) in [7, 11) is 0. The molecule has 0 aliphatic carbocycles. The number of benzene rings is 1. The molecule has 3 aromatic heterocycles. The van der Waals surface area contributed by atoms with Crippen LogP contribution in [-0.2, 0) is 6.54 Å². The van der Waals surface area contributed by atoms with Crippen molar-refractivity contribution >= 4 is 27.4 Å². The van der Waals surface area contributed by atoms with Crippen LogP contribution < -0.4 is 10.1 Å². The van der Waals surface area contributed by atoms with E-state index in [4.69, 9.17) is 4.74 Å². The third kappa shape index (κ3) is 3.48. The third-order valence-corrected chi connectivity index (χ3v) is 4.72. The van der Waals surface area contributed by atoms with E-state index in [-0.39, 0.29) is 5.82 Å². The number of nitrogens with zero attached hydrogens (tertiary/aromatic N) is 3. The molecule has 0 bridgehead atoms. The molecular weight excluding hydrogens is 351 g/mol. The number of halogens is 1. The van der Waals surface area contributed by atoms with Gasteiger partial charge in [0.2, 0.25) is 5.88 Å². The highest BCUT2D eigenvalue weighted by atomic mass is 32.1. The summed E-state index contributed by atoms with van der Waals surface area (Å²) in [4.78, 5) is 15.0. The van der Waals surface area contributed by atoms with Crippen molar-refractivity contribution in [1.82, 2.24) is 15.0 Å². The van der Waals surface area contributed by atoms with Gasteiger partial charge in [-0.05, 0) is 31.2 Å². The van der Waals surface area contributed by atoms with Crippen molar-refractivity contribution in [3.05, 3.63) is 71.2 Å². The number of ether oxygens (including phenoxy) is 1. The molecule has 0 spiro atoms. The quantitative estimate of drug-likeness (QED) is 0.542. The van der Waals surface area contributed by atoms with Crippen molar-refractivity contribution in [1.29, 1.82) is 0 Å². The number of hydrogen-bond donors (Lipinski definition) is 1. The van der Waals surface area contributed by atoms with Crippen LogP contribution >= 0.6 is 11.3 Å². The Morgan fingerprint density at radius 1 is 1.12 bits per heavy atom. The van der Waals surface area contributed by atoms with Crippen LogP contribution in [0, 0.1) is 12.7 Å². The number of aromatic nitrogens is 3. The maximum Gasteiger partial charge on any atom is 0.224 e. The molecule has 4 rings (SSSR count). The maximum atomic E-state index is 13.4. The minimum absolute atomic E-state index is 0.352. The van der Waals surface area contributed by atoms with Crippen molar-refractivity contribution in [2.24, 2.45) is 0 Å². The lowest BCUT2D eigenvalue weighted by Crippen LogP contribution is -2.04. The van der Waals surface area contributed by atoms with E-state index in [1.807, 2.05) is 19.1 Å². The van der Waals surface area contributed by atoms with Crippen LogP contribution in [-0.4, -0.2) is 15.0 Å². The molecule has 3 heterocycles. The molecule has 0 saturated heterocycles. The van der Waals surface area contributed by atoms with Gasteiger partial charge < -0.3 is 10.1 Å². The molecule has 0 radical (unpaired) electrons. The van der Waals surface area contributed by atoms with E-state index < -0.39 is 0 Å². The fourth-order valence-corrected chi connectivity index (χ4v) is 3.44. The number of pyridine rings is 1. The number of rotatable bonds is 5. The van der Waals surface area contributed by atoms with E-state index in [1.54, 1.807) is 36.0 Å². The molecule has 0 fully saturated rings. The fraction of sp³-hybridized carbons (Fsp3) is 0.105. The molecule has 1 aromatic carbocycles. The van der Waals surface area contributed by atoms with Crippen LogP contribution in [0.3, 0.4) is 0 Å². The Kier molecular flexibility index (Phi) is 4.45. The molecule has 4 aromatic rings. The summed E-state index contributed by atoms with van der Waals surface area (Å²) in [6.45, 7) is 2.52. The maximum absolute atomic E-state index is 13.4. The second kappa shape index (κ2) is 7.05. The number of fused-ring (bicyclic) bond motifs is 1. The topological polar surface area (TPSA) is 59.9 Å². The molecular formula is C19H15FN4OS. The van der Waals surface area contributed by atoms with Crippen molar-refractivity contribution in [3.8, 4) is 11.6 Å². The van der Waals surface area contributed by atoms with Gasteiger partial charge in [-0.1, -0.05) is 12.1 Å². The largest absolute Gasteiger partial charge is 0.439 e. The summed E-state index contributed by atoms with van der Waals surface area (Å²) in [5.41, 5.74) is 0.843. The first-order valence-corrected chi connectivity index (χ1v) is 8.83. The Hall–Kier alpha value is -3.06. The van der Waals surface area contributed by atoms with Crippen LogP contribution in [0.25, 0.3) is 10.2 Å². The smallest absolute Gasteiger partial charge is 0.224 e. The van der Waals surface area contributed by atoms with E-state index in [1.165, 1.54) is 17.0 Å². The molecule has 26 heavy (non-hydrogen) atoms. The minimum Gasteiger partial charge on any atom is -0.439 e. The summed E-state index contributed by atoms with van der Waals surface area (Å²) in [6.07, 6.45) is 3.19. The molecule has 5 nitrogen and oxygen atoms in total. The van der Waals surface area contributed by atoms with E-state index in [0.29, 0.717) is 18.2 Å². The van der Waals surface area contributed by atoms with Gasteiger partial charge in [-0.15, -0.1) is 11.3 Å². The summed E-state index contributed by atoms with van der Waals surface area (Å²) >= 11 is 1.63. The lowest BCUT2D eigenvalue weighted by atomic mass is 10.2. The average molecular weight is 366 g/mol. The van der Waals surface area contributed by atoms with Crippen LogP contribution in [0.1, 0.15) is 10.4 Å². The Morgan fingerprint density at radius 2 is 2.04 bits per heavy atom. The zero-order valence-electron chi connectivity index (χ0n) is 13.9. The number of nitrogens with one attached hydrogen (secondary N) is 1. The van der Waals surface area contributed by atoms with Crippen molar-refractivity contribution in [3.63, 3.8) is 0 Å². The summed E-state index contributed by atoms with van der Waals surface area (Å²) < 4.78 is 19.1. The van der Waals surface area contributed by atoms with Crippen molar-refractivity contribution in [2.45, 2.75) is 13.5 Å². The monoisotopic (exact) mass is 366 g/mol. The van der Waals surface area contributed by atoms with Gasteiger partial charge in [-0.2, -0.15) is 0 Å². The average Bonchev–Trinajstić information content (AvgIpc) is 3.02. The van der Waals surface area contributed by atoms with E-state index in [0.717, 1.165) is 21.6 Å². The Bertz CT molecular complexity index is 1070. The SMILES string of the molecule is Cc1cc2c(NCc3cccnc3Oc3cccc(F)c3)ncnc2s1. The second-order valence-corrected chi connectivity index (χ2v) is 6.91. The van der Waals surface area contributed by atoms with Crippen LogP contribution in [0.5, 0.6) is 11.6 Å². The summed E-state index contributed by atoms with van der Waals surface area (Å²) in [6, 6.07) is 11.8. The van der Waals surface area contributed by atoms with E-state index >= 15 is 0 Å². The molecule has 0 aliphatic heterocycles. The molecule has 130 valence electrons.